The van der Waals surface area contributed by atoms with Crippen molar-refractivity contribution < 1.29 is 0 Å². The number of unbranched alkanes of at least 4 members (excludes halogenated alkanes) is 9. The van der Waals surface area contributed by atoms with E-state index in [2.05, 4.69) is 23.4 Å². The fraction of sp³-hybridized carbons (Fsp3) is 0.882. The predicted octanol–water partition coefficient (Wildman–Crippen LogP) is 4.09. The molecule has 0 aromatic carbocycles. The third-order valence-corrected chi connectivity index (χ3v) is 3.96. The number of nitrogens with two attached hydrogens (primary N) is 1. The van der Waals surface area contributed by atoms with E-state index >= 15 is 0 Å². The van der Waals surface area contributed by atoms with Gasteiger partial charge in [-0.2, -0.15) is 0 Å². The maximum Gasteiger partial charge on any atom is 0.0827 e. The highest BCUT2D eigenvalue weighted by molar-refractivity contribution is 4.92. The molecule has 0 amide bonds. The van der Waals surface area contributed by atoms with Gasteiger partial charge < -0.3 is 5.73 Å². The van der Waals surface area contributed by atoms with Crippen LogP contribution in [0.4, 0.5) is 0 Å². The van der Waals surface area contributed by atoms with E-state index in [1.165, 1.54) is 64.2 Å². The summed E-state index contributed by atoms with van der Waals surface area (Å²) in [7, 11) is 0. The Morgan fingerprint density at radius 3 is 2.14 bits per heavy atom. The van der Waals surface area contributed by atoms with Crippen molar-refractivity contribution in [3.63, 3.8) is 0 Å². The molecule has 0 saturated heterocycles. The molecule has 122 valence electrons. The van der Waals surface area contributed by atoms with Crippen LogP contribution in [0.1, 0.15) is 83.2 Å². The smallest absolute Gasteiger partial charge is 0.0827 e. The molecule has 4 nitrogen and oxygen atoms in total. The molecule has 0 radical (unpaired) electrons. The monoisotopic (exact) mass is 294 g/mol. The van der Waals surface area contributed by atoms with Gasteiger partial charge in [0.2, 0.25) is 0 Å². The number of aryl methyl sites for hydroxylation is 2. The van der Waals surface area contributed by atoms with Crippen LogP contribution in [0.25, 0.3) is 0 Å². The minimum Gasteiger partial charge on any atom is -0.330 e. The van der Waals surface area contributed by atoms with Crippen molar-refractivity contribution in [2.24, 2.45) is 5.73 Å². The Hall–Kier alpha value is -0.900. The Morgan fingerprint density at radius 2 is 1.52 bits per heavy atom. The van der Waals surface area contributed by atoms with Crippen molar-refractivity contribution >= 4 is 0 Å². The van der Waals surface area contributed by atoms with Gasteiger partial charge in [0.25, 0.3) is 0 Å². The first kappa shape index (κ1) is 18.1. The number of hydrogen-bond acceptors (Lipinski definition) is 3. The van der Waals surface area contributed by atoms with Crippen molar-refractivity contribution in [2.45, 2.75) is 90.5 Å². The first-order valence-electron chi connectivity index (χ1n) is 8.96. The van der Waals surface area contributed by atoms with Crippen LogP contribution in [0, 0.1) is 0 Å². The van der Waals surface area contributed by atoms with Gasteiger partial charge in [-0.3, -0.25) is 4.68 Å². The SMILES string of the molecule is CCCCCCCCCCCCn1cc(CCCN)nn1. The first-order valence-corrected chi connectivity index (χ1v) is 8.96. The molecule has 0 bridgehead atoms. The average Bonchev–Trinajstić information content (AvgIpc) is 2.95. The summed E-state index contributed by atoms with van der Waals surface area (Å²) in [6.07, 6.45) is 17.8. The molecule has 0 saturated carbocycles. The summed E-state index contributed by atoms with van der Waals surface area (Å²) in [4.78, 5) is 0. The number of rotatable bonds is 14. The van der Waals surface area contributed by atoms with E-state index in [9.17, 15) is 0 Å². The summed E-state index contributed by atoms with van der Waals surface area (Å²) in [6, 6.07) is 0. The van der Waals surface area contributed by atoms with Gasteiger partial charge in [-0.05, 0) is 25.8 Å². The summed E-state index contributed by atoms with van der Waals surface area (Å²) < 4.78 is 1.98. The lowest BCUT2D eigenvalue weighted by Gasteiger charge is -2.02. The maximum absolute atomic E-state index is 5.50. The normalized spacial score (nSPS) is 11.1. The Morgan fingerprint density at radius 1 is 0.905 bits per heavy atom. The van der Waals surface area contributed by atoms with Crippen LogP contribution < -0.4 is 5.73 Å². The molecule has 21 heavy (non-hydrogen) atoms. The minimum atomic E-state index is 0.727. The van der Waals surface area contributed by atoms with Crippen molar-refractivity contribution in [1.82, 2.24) is 15.0 Å². The molecule has 4 heteroatoms. The molecule has 2 N–H and O–H groups in total. The van der Waals surface area contributed by atoms with Crippen LogP contribution in [-0.2, 0) is 13.0 Å². The van der Waals surface area contributed by atoms with E-state index in [-0.39, 0.29) is 0 Å². The van der Waals surface area contributed by atoms with Crippen molar-refractivity contribution in [3.05, 3.63) is 11.9 Å². The second-order valence-electron chi connectivity index (χ2n) is 6.05. The van der Waals surface area contributed by atoms with E-state index in [4.69, 9.17) is 5.73 Å². The van der Waals surface area contributed by atoms with Gasteiger partial charge in [0.1, 0.15) is 0 Å². The summed E-state index contributed by atoms with van der Waals surface area (Å²) in [5, 5.41) is 8.35. The Bertz CT molecular complexity index is 335. The molecule has 0 aliphatic heterocycles. The lowest BCUT2D eigenvalue weighted by molar-refractivity contribution is 0.507. The van der Waals surface area contributed by atoms with Gasteiger partial charge in [-0.15, -0.1) is 5.10 Å². The molecule has 0 spiro atoms. The summed E-state index contributed by atoms with van der Waals surface area (Å²) >= 11 is 0. The lowest BCUT2D eigenvalue weighted by atomic mass is 10.1. The third kappa shape index (κ3) is 9.62. The zero-order valence-corrected chi connectivity index (χ0v) is 13.9. The van der Waals surface area contributed by atoms with E-state index in [0.29, 0.717) is 0 Å². The van der Waals surface area contributed by atoms with Gasteiger partial charge in [0.15, 0.2) is 0 Å². The van der Waals surface area contributed by atoms with Crippen LogP contribution in [-0.4, -0.2) is 21.5 Å². The minimum absolute atomic E-state index is 0.727. The highest BCUT2D eigenvalue weighted by Crippen LogP contribution is 2.10. The zero-order valence-electron chi connectivity index (χ0n) is 13.9. The molecule has 1 aromatic heterocycles. The largest absolute Gasteiger partial charge is 0.330 e. The first-order chi connectivity index (χ1) is 10.4. The molecule has 1 heterocycles. The summed E-state index contributed by atoms with van der Waals surface area (Å²) in [5.74, 6) is 0. The Kier molecular flexibility index (Phi) is 11.1. The molecule has 1 rings (SSSR count). The van der Waals surface area contributed by atoms with Gasteiger partial charge in [-0.25, -0.2) is 0 Å². The van der Waals surface area contributed by atoms with Crippen LogP contribution in [0.15, 0.2) is 6.20 Å². The fourth-order valence-corrected chi connectivity index (χ4v) is 2.61. The second-order valence-corrected chi connectivity index (χ2v) is 6.05. The van der Waals surface area contributed by atoms with Crippen LogP contribution in [0.2, 0.25) is 0 Å². The van der Waals surface area contributed by atoms with Crippen LogP contribution in [0.3, 0.4) is 0 Å². The molecule has 1 aromatic rings. The van der Waals surface area contributed by atoms with Gasteiger partial charge >= 0.3 is 0 Å². The standard InChI is InChI=1S/C17H34N4/c1-2-3-4-5-6-7-8-9-10-11-15-21-16-17(19-20-21)13-12-14-18/h16H,2-15,18H2,1H3. The maximum atomic E-state index is 5.50. The third-order valence-electron chi connectivity index (χ3n) is 3.96. The second kappa shape index (κ2) is 12.8. The lowest BCUT2D eigenvalue weighted by Crippen LogP contribution is -2.00. The van der Waals surface area contributed by atoms with Gasteiger partial charge in [-0.1, -0.05) is 69.9 Å². The predicted molar refractivity (Wildman–Crippen MR) is 89.2 cm³/mol. The van der Waals surface area contributed by atoms with Crippen molar-refractivity contribution in [1.29, 1.82) is 0 Å². The van der Waals surface area contributed by atoms with E-state index in [0.717, 1.165) is 31.6 Å². The molecule has 0 aliphatic rings. The van der Waals surface area contributed by atoms with Crippen LogP contribution in [0.5, 0.6) is 0 Å². The zero-order chi connectivity index (χ0) is 15.2. The number of hydrogen-bond donors (Lipinski definition) is 1. The molecular formula is C17H34N4. The van der Waals surface area contributed by atoms with Crippen molar-refractivity contribution in [3.8, 4) is 0 Å². The van der Waals surface area contributed by atoms with Gasteiger partial charge in [0, 0.05) is 12.7 Å². The quantitative estimate of drug-likeness (QED) is 0.526. The van der Waals surface area contributed by atoms with E-state index in [1.807, 2.05) is 4.68 Å². The van der Waals surface area contributed by atoms with E-state index < -0.39 is 0 Å². The average molecular weight is 294 g/mol. The molecule has 0 atom stereocenters. The highest BCUT2D eigenvalue weighted by atomic mass is 15.4. The van der Waals surface area contributed by atoms with E-state index in [1.54, 1.807) is 0 Å². The van der Waals surface area contributed by atoms with Crippen LogP contribution >= 0.6 is 0 Å². The molecule has 0 fully saturated rings. The topological polar surface area (TPSA) is 56.7 Å². The Labute approximate surface area is 130 Å². The fourth-order valence-electron chi connectivity index (χ4n) is 2.61. The highest BCUT2D eigenvalue weighted by Gasteiger charge is 2.00. The Balaban J connectivity index is 1.91. The van der Waals surface area contributed by atoms with Crippen molar-refractivity contribution in [2.75, 3.05) is 6.54 Å². The molecule has 0 unspecified atom stereocenters. The molecular weight excluding hydrogens is 260 g/mol. The number of aromatic nitrogens is 3. The molecule has 0 aliphatic carbocycles. The summed E-state index contributed by atoms with van der Waals surface area (Å²) in [6.45, 7) is 4.01. The van der Waals surface area contributed by atoms with Gasteiger partial charge in [0.05, 0.1) is 5.69 Å². The summed E-state index contributed by atoms with van der Waals surface area (Å²) in [5.41, 5.74) is 6.58. The number of nitrogens with zero attached hydrogens (tertiary/aromatic N) is 3.